The number of rotatable bonds is 5. The SMILES string of the molecule is COc1ccc2c(c1)C(NC(=O)C1CCCN(S(=O)(=O)c3ccc(Cl)cc3)C1)CC(C)(C)O2. The second kappa shape index (κ2) is 9.16. The van der Waals surface area contributed by atoms with Crippen molar-refractivity contribution in [3.8, 4) is 11.5 Å². The number of nitrogens with one attached hydrogen (secondary N) is 1. The summed E-state index contributed by atoms with van der Waals surface area (Å²) in [7, 11) is -2.10. The molecule has 0 aliphatic carbocycles. The van der Waals surface area contributed by atoms with Gasteiger partial charge in [0.05, 0.1) is 24.0 Å². The summed E-state index contributed by atoms with van der Waals surface area (Å²) in [5.74, 6) is 0.824. The Kier molecular flexibility index (Phi) is 6.62. The molecule has 7 nitrogen and oxygen atoms in total. The van der Waals surface area contributed by atoms with Gasteiger partial charge in [0.1, 0.15) is 17.1 Å². The Balaban J connectivity index is 1.51. The Morgan fingerprint density at radius 1 is 1.21 bits per heavy atom. The van der Waals surface area contributed by atoms with Crippen molar-refractivity contribution in [2.75, 3.05) is 20.2 Å². The van der Waals surface area contributed by atoms with Gasteiger partial charge in [-0.1, -0.05) is 11.6 Å². The average molecular weight is 493 g/mol. The highest BCUT2D eigenvalue weighted by Crippen LogP contribution is 2.41. The number of fused-ring (bicyclic) bond motifs is 1. The third-order valence-electron chi connectivity index (χ3n) is 6.20. The van der Waals surface area contributed by atoms with E-state index in [1.807, 2.05) is 32.0 Å². The molecule has 1 saturated heterocycles. The molecule has 2 atom stereocenters. The van der Waals surface area contributed by atoms with Crippen LogP contribution in [0.1, 0.15) is 44.7 Å². The topological polar surface area (TPSA) is 84.9 Å². The van der Waals surface area contributed by atoms with Gasteiger partial charge in [-0.25, -0.2) is 8.42 Å². The zero-order valence-electron chi connectivity index (χ0n) is 19.0. The van der Waals surface area contributed by atoms with Gasteiger partial charge in [-0.3, -0.25) is 4.79 Å². The van der Waals surface area contributed by atoms with E-state index in [9.17, 15) is 13.2 Å². The van der Waals surface area contributed by atoms with Crippen molar-refractivity contribution in [3.05, 3.63) is 53.1 Å². The van der Waals surface area contributed by atoms with E-state index in [0.29, 0.717) is 42.3 Å². The molecule has 9 heteroatoms. The fraction of sp³-hybridized carbons (Fsp3) is 0.458. The summed E-state index contributed by atoms with van der Waals surface area (Å²) in [6.07, 6.45) is 1.85. The number of nitrogens with zero attached hydrogens (tertiary/aromatic N) is 1. The van der Waals surface area contributed by atoms with Crippen LogP contribution in [0.25, 0.3) is 0 Å². The number of carbonyl (C=O) groups is 1. The minimum Gasteiger partial charge on any atom is -0.497 e. The highest BCUT2D eigenvalue weighted by Gasteiger charge is 2.38. The van der Waals surface area contributed by atoms with Crippen LogP contribution < -0.4 is 14.8 Å². The quantitative estimate of drug-likeness (QED) is 0.677. The van der Waals surface area contributed by atoms with Crippen molar-refractivity contribution >= 4 is 27.5 Å². The largest absolute Gasteiger partial charge is 0.497 e. The summed E-state index contributed by atoms with van der Waals surface area (Å²) in [5.41, 5.74) is 0.416. The normalized spacial score (nSPS) is 22.7. The number of methoxy groups -OCH3 is 1. The van der Waals surface area contributed by atoms with E-state index >= 15 is 0 Å². The van der Waals surface area contributed by atoms with Gasteiger partial charge in [-0.2, -0.15) is 4.31 Å². The molecule has 1 amide bonds. The van der Waals surface area contributed by atoms with Crippen LogP contribution in [-0.4, -0.2) is 44.4 Å². The number of amides is 1. The van der Waals surface area contributed by atoms with Crippen molar-refractivity contribution in [3.63, 3.8) is 0 Å². The molecule has 2 aliphatic heterocycles. The summed E-state index contributed by atoms with van der Waals surface area (Å²) in [6.45, 7) is 4.51. The van der Waals surface area contributed by atoms with Gasteiger partial charge in [0, 0.05) is 30.1 Å². The smallest absolute Gasteiger partial charge is 0.243 e. The molecular formula is C24H29ClN2O5S. The van der Waals surface area contributed by atoms with E-state index in [1.54, 1.807) is 19.2 Å². The summed E-state index contributed by atoms with van der Waals surface area (Å²) in [4.78, 5) is 13.5. The molecule has 2 aromatic rings. The van der Waals surface area contributed by atoms with E-state index in [1.165, 1.54) is 16.4 Å². The Morgan fingerprint density at radius 3 is 2.64 bits per heavy atom. The van der Waals surface area contributed by atoms with Gasteiger partial charge in [0.2, 0.25) is 15.9 Å². The molecule has 1 fully saturated rings. The van der Waals surface area contributed by atoms with Crippen molar-refractivity contribution in [1.29, 1.82) is 0 Å². The third kappa shape index (κ3) is 5.13. The Morgan fingerprint density at radius 2 is 1.94 bits per heavy atom. The molecule has 178 valence electrons. The van der Waals surface area contributed by atoms with E-state index in [0.717, 1.165) is 5.56 Å². The molecule has 0 aromatic heterocycles. The summed E-state index contributed by atoms with van der Waals surface area (Å²) in [5, 5.41) is 3.63. The Bertz CT molecular complexity index is 1130. The molecule has 2 aliphatic rings. The number of halogens is 1. The van der Waals surface area contributed by atoms with Crippen LogP contribution in [0.15, 0.2) is 47.4 Å². The first-order valence-corrected chi connectivity index (χ1v) is 12.8. The van der Waals surface area contributed by atoms with Crippen LogP contribution in [0.2, 0.25) is 5.02 Å². The standard InChI is InChI=1S/C24H29ClN2O5S/c1-24(2)14-21(20-13-18(31-3)8-11-22(20)32-24)26-23(28)16-5-4-12-27(15-16)33(29,30)19-9-6-17(25)7-10-19/h6-11,13,16,21H,4-5,12,14-15H2,1-3H3,(H,26,28). The van der Waals surface area contributed by atoms with Crippen LogP contribution in [0, 0.1) is 5.92 Å². The summed E-state index contributed by atoms with van der Waals surface area (Å²) < 4.78 is 39.0. The van der Waals surface area contributed by atoms with Gasteiger partial charge >= 0.3 is 0 Å². The number of benzene rings is 2. The molecule has 2 heterocycles. The Labute approximate surface area is 200 Å². The fourth-order valence-corrected chi connectivity index (χ4v) is 6.16. The number of sulfonamides is 1. The van der Waals surface area contributed by atoms with Crippen LogP contribution in [0.5, 0.6) is 11.5 Å². The van der Waals surface area contributed by atoms with Crippen LogP contribution in [0.3, 0.4) is 0 Å². The van der Waals surface area contributed by atoms with Crippen LogP contribution in [0.4, 0.5) is 0 Å². The van der Waals surface area contributed by atoms with Crippen molar-refractivity contribution in [1.82, 2.24) is 9.62 Å². The second-order valence-electron chi connectivity index (χ2n) is 9.19. The molecule has 1 N–H and O–H groups in total. The lowest BCUT2D eigenvalue weighted by atomic mass is 9.88. The Hall–Kier alpha value is -2.29. The predicted octanol–water partition coefficient (Wildman–Crippen LogP) is 4.17. The van der Waals surface area contributed by atoms with E-state index in [2.05, 4.69) is 5.32 Å². The first-order chi connectivity index (χ1) is 15.6. The highest BCUT2D eigenvalue weighted by atomic mass is 35.5. The molecule has 2 unspecified atom stereocenters. The number of hydrogen-bond donors (Lipinski definition) is 1. The van der Waals surface area contributed by atoms with Gasteiger partial charge in [-0.15, -0.1) is 0 Å². The molecule has 0 radical (unpaired) electrons. The molecule has 4 rings (SSSR count). The van der Waals surface area contributed by atoms with Crippen LogP contribution in [-0.2, 0) is 14.8 Å². The average Bonchev–Trinajstić information content (AvgIpc) is 2.78. The molecule has 2 aromatic carbocycles. The van der Waals surface area contributed by atoms with Gasteiger partial charge in [-0.05, 0) is 69.2 Å². The maximum Gasteiger partial charge on any atom is 0.243 e. The summed E-state index contributed by atoms with van der Waals surface area (Å²) >= 11 is 5.90. The van der Waals surface area contributed by atoms with Gasteiger partial charge < -0.3 is 14.8 Å². The second-order valence-corrected chi connectivity index (χ2v) is 11.6. The number of ether oxygens (including phenoxy) is 2. The molecular weight excluding hydrogens is 464 g/mol. The predicted molar refractivity (Wildman–Crippen MR) is 126 cm³/mol. The van der Waals surface area contributed by atoms with Crippen molar-refractivity contribution in [2.24, 2.45) is 5.92 Å². The maximum absolute atomic E-state index is 13.3. The molecule has 33 heavy (non-hydrogen) atoms. The van der Waals surface area contributed by atoms with Crippen molar-refractivity contribution < 1.29 is 22.7 Å². The summed E-state index contributed by atoms with van der Waals surface area (Å²) in [6, 6.07) is 11.4. The number of hydrogen-bond acceptors (Lipinski definition) is 5. The van der Waals surface area contributed by atoms with E-state index in [-0.39, 0.29) is 23.4 Å². The third-order valence-corrected chi connectivity index (χ3v) is 8.33. The van der Waals surface area contributed by atoms with E-state index in [4.69, 9.17) is 21.1 Å². The highest BCUT2D eigenvalue weighted by molar-refractivity contribution is 7.89. The van der Waals surface area contributed by atoms with Gasteiger partial charge in [0.15, 0.2) is 0 Å². The van der Waals surface area contributed by atoms with Crippen molar-refractivity contribution in [2.45, 2.75) is 49.6 Å². The minimum absolute atomic E-state index is 0.147. The minimum atomic E-state index is -3.70. The molecule has 0 spiro atoms. The van der Waals surface area contributed by atoms with Crippen LogP contribution >= 0.6 is 11.6 Å². The number of carbonyl (C=O) groups excluding carboxylic acids is 1. The lowest BCUT2D eigenvalue weighted by molar-refractivity contribution is -0.127. The first-order valence-electron chi connectivity index (χ1n) is 11.0. The van der Waals surface area contributed by atoms with E-state index < -0.39 is 21.5 Å². The zero-order chi connectivity index (χ0) is 23.8. The lowest BCUT2D eigenvalue weighted by Gasteiger charge is -2.39. The first kappa shape index (κ1) is 23.9. The fourth-order valence-electron chi connectivity index (χ4n) is 4.51. The molecule has 0 bridgehead atoms. The zero-order valence-corrected chi connectivity index (χ0v) is 20.6. The van der Waals surface area contributed by atoms with Gasteiger partial charge in [0.25, 0.3) is 0 Å². The maximum atomic E-state index is 13.3. The lowest BCUT2D eigenvalue weighted by Crippen LogP contribution is -2.48. The number of piperidine rings is 1. The monoisotopic (exact) mass is 492 g/mol. The molecule has 0 saturated carbocycles.